The van der Waals surface area contributed by atoms with Crippen LogP contribution in [0.5, 0.6) is 0 Å². The lowest BCUT2D eigenvalue weighted by Gasteiger charge is -2.22. The van der Waals surface area contributed by atoms with E-state index in [4.69, 9.17) is 17.3 Å². The third-order valence-corrected chi connectivity index (χ3v) is 2.23. The number of aliphatic hydroxyl groups is 1. The molecule has 0 fully saturated rings. The molecule has 3 N–H and O–H groups in total. The zero-order valence-corrected chi connectivity index (χ0v) is 9.25. The summed E-state index contributed by atoms with van der Waals surface area (Å²) >= 11 is 5.74. The summed E-state index contributed by atoms with van der Waals surface area (Å²) in [4.78, 5) is 0. The van der Waals surface area contributed by atoms with Gasteiger partial charge in [-0.25, -0.2) is 0 Å². The third-order valence-electron chi connectivity index (χ3n) is 1.97. The normalized spacial score (nSPS) is 14.1. The van der Waals surface area contributed by atoms with Crippen LogP contribution in [0.1, 0.15) is 31.9 Å². The lowest BCUT2D eigenvalue weighted by atomic mass is 9.94. The summed E-state index contributed by atoms with van der Waals surface area (Å²) in [6, 6.07) is 7.17. The summed E-state index contributed by atoms with van der Waals surface area (Å²) in [5, 5.41) is 10.5. The van der Waals surface area contributed by atoms with E-state index in [1.165, 1.54) is 0 Å². The summed E-state index contributed by atoms with van der Waals surface area (Å²) in [6.45, 7) is 3.79. The smallest absolute Gasteiger partial charge is 0.0807 e. The second kappa shape index (κ2) is 4.30. The van der Waals surface area contributed by atoms with Gasteiger partial charge in [0.25, 0.3) is 0 Å². The van der Waals surface area contributed by atoms with Crippen LogP contribution in [0.15, 0.2) is 24.3 Å². The van der Waals surface area contributed by atoms with Crippen molar-refractivity contribution in [3.05, 3.63) is 34.9 Å². The molecule has 0 radical (unpaired) electrons. The number of rotatable bonds is 3. The first-order valence-corrected chi connectivity index (χ1v) is 4.99. The van der Waals surface area contributed by atoms with Gasteiger partial charge in [-0.05, 0) is 38.0 Å². The number of halogens is 1. The molecular weight excluding hydrogens is 198 g/mol. The summed E-state index contributed by atoms with van der Waals surface area (Å²) in [5.74, 6) is 0. The zero-order chi connectivity index (χ0) is 10.8. The largest absolute Gasteiger partial charge is 0.388 e. The van der Waals surface area contributed by atoms with E-state index in [0.717, 1.165) is 5.56 Å². The average molecular weight is 214 g/mol. The minimum atomic E-state index is -0.521. The van der Waals surface area contributed by atoms with Gasteiger partial charge in [-0.2, -0.15) is 0 Å². The zero-order valence-electron chi connectivity index (χ0n) is 8.50. The maximum Gasteiger partial charge on any atom is 0.0807 e. The SMILES string of the molecule is CC(C)(N)CC(O)c1ccc(Cl)cc1. The molecule has 1 aromatic carbocycles. The van der Waals surface area contributed by atoms with Crippen molar-refractivity contribution in [2.75, 3.05) is 0 Å². The van der Waals surface area contributed by atoms with E-state index in [-0.39, 0.29) is 5.54 Å². The van der Waals surface area contributed by atoms with Gasteiger partial charge in [0.2, 0.25) is 0 Å². The number of nitrogens with two attached hydrogens (primary N) is 1. The second-order valence-electron chi connectivity index (χ2n) is 4.26. The van der Waals surface area contributed by atoms with Crippen molar-refractivity contribution in [1.29, 1.82) is 0 Å². The molecule has 0 saturated heterocycles. The molecule has 0 amide bonds. The quantitative estimate of drug-likeness (QED) is 0.811. The molecular formula is C11H16ClNO. The van der Waals surface area contributed by atoms with E-state index in [0.29, 0.717) is 11.4 Å². The fourth-order valence-electron chi connectivity index (χ4n) is 1.30. The van der Waals surface area contributed by atoms with Crippen LogP contribution in [-0.2, 0) is 0 Å². The molecule has 0 bridgehead atoms. The number of benzene rings is 1. The van der Waals surface area contributed by atoms with Crippen molar-refractivity contribution in [3.8, 4) is 0 Å². The van der Waals surface area contributed by atoms with Crippen LogP contribution in [0.3, 0.4) is 0 Å². The van der Waals surface area contributed by atoms with Gasteiger partial charge in [0.05, 0.1) is 6.10 Å². The average Bonchev–Trinajstić information content (AvgIpc) is 2.02. The number of hydrogen-bond donors (Lipinski definition) is 2. The molecule has 1 atom stereocenters. The van der Waals surface area contributed by atoms with Crippen LogP contribution in [-0.4, -0.2) is 10.6 Å². The van der Waals surface area contributed by atoms with Crippen LogP contribution in [0.2, 0.25) is 5.02 Å². The highest BCUT2D eigenvalue weighted by molar-refractivity contribution is 6.30. The summed E-state index contributed by atoms with van der Waals surface area (Å²) < 4.78 is 0. The van der Waals surface area contributed by atoms with Crippen LogP contribution in [0.25, 0.3) is 0 Å². The summed E-state index contributed by atoms with van der Waals surface area (Å²) in [6.07, 6.45) is 0.0153. The van der Waals surface area contributed by atoms with Gasteiger partial charge in [-0.3, -0.25) is 0 Å². The minimum Gasteiger partial charge on any atom is -0.388 e. The van der Waals surface area contributed by atoms with Gasteiger partial charge in [0, 0.05) is 10.6 Å². The molecule has 3 heteroatoms. The third kappa shape index (κ3) is 3.66. The Labute approximate surface area is 89.7 Å². The molecule has 0 aliphatic heterocycles. The maximum absolute atomic E-state index is 9.82. The predicted molar refractivity (Wildman–Crippen MR) is 59.3 cm³/mol. The fraction of sp³-hybridized carbons (Fsp3) is 0.455. The van der Waals surface area contributed by atoms with Gasteiger partial charge >= 0.3 is 0 Å². The molecule has 2 nitrogen and oxygen atoms in total. The maximum atomic E-state index is 9.82. The predicted octanol–water partition coefficient (Wildman–Crippen LogP) is 2.50. The Bertz CT molecular complexity index is 289. The molecule has 0 aliphatic carbocycles. The first kappa shape index (κ1) is 11.5. The fourth-order valence-corrected chi connectivity index (χ4v) is 1.43. The molecule has 14 heavy (non-hydrogen) atoms. The molecule has 1 rings (SSSR count). The van der Waals surface area contributed by atoms with E-state index < -0.39 is 6.10 Å². The van der Waals surface area contributed by atoms with E-state index >= 15 is 0 Å². The molecule has 1 aromatic rings. The molecule has 1 unspecified atom stereocenters. The van der Waals surface area contributed by atoms with Gasteiger partial charge < -0.3 is 10.8 Å². The van der Waals surface area contributed by atoms with Crippen molar-refractivity contribution in [3.63, 3.8) is 0 Å². The Balaban J connectivity index is 2.70. The van der Waals surface area contributed by atoms with Crippen LogP contribution in [0.4, 0.5) is 0 Å². The second-order valence-corrected chi connectivity index (χ2v) is 4.70. The molecule has 0 heterocycles. The Hall–Kier alpha value is -0.570. The number of aliphatic hydroxyl groups excluding tert-OH is 1. The van der Waals surface area contributed by atoms with Gasteiger partial charge in [0.15, 0.2) is 0 Å². The van der Waals surface area contributed by atoms with Crippen LogP contribution in [0, 0.1) is 0 Å². The highest BCUT2D eigenvalue weighted by Crippen LogP contribution is 2.23. The van der Waals surface area contributed by atoms with E-state index in [9.17, 15) is 5.11 Å². The highest BCUT2D eigenvalue weighted by atomic mass is 35.5. The van der Waals surface area contributed by atoms with Gasteiger partial charge in [0.1, 0.15) is 0 Å². The number of hydrogen-bond acceptors (Lipinski definition) is 2. The van der Waals surface area contributed by atoms with Gasteiger partial charge in [-0.15, -0.1) is 0 Å². The Kier molecular flexibility index (Phi) is 3.53. The van der Waals surface area contributed by atoms with Crippen molar-refractivity contribution in [2.45, 2.75) is 31.9 Å². The van der Waals surface area contributed by atoms with Crippen LogP contribution < -0.4 is 5.73 Å². The lowest BCUT2D eigenvalue weighted by molar-refractivity contribution is 0.142. The van der Waals surface area contributed by atoms with Gasteiger partial charge in [-0.1, -0.05) is 23.7 Å². The molecule has 78 valence electrons. The Morgan fingerprint density at radius 1 is 1.36 bits per heavy atom. The molecule has 0 aromatic heterocycles. The summed E-state index contributed by atoms with van der Waals surface area (Å²) in [5.41, 5.74) is 6.31. The highest BCUT2D eigenvalue weighted by Gasteiger charge is 2.18. The van der Waals surface area contributed by atoms with E-state index in [1.807, 2.05) is 26.0 Å². The topological polar surface area (TPSA) is 46.2 Å². The van der Waals surface area contributed by atoms with E-state index in [1.54, 1.807) is 12.1 Å². The van der Waals surface area contributed by atoms with E-state index in [2.05, 4.69) is 0 Å². The molecule has 0 spiro atoms. The minimum absolute atomic E-state index is 0.362. The monoisotopic (exact) mass is 213 g/mol. The van der Waals surface area contributed by atoms with Crippen molar-refractivity contribution in [1.82, 2.24) is 0 Å². The lowest BCUT2D eigenvalue weighted by Crippen LogP contribution is -2.33. The standard InChI is InChI=1S/C11H16ClNO/c1-11(2,13)7-10(14)8-3-5-9(12)6-4-8/h3-6,10,14H,7,13H2,1-2H3. The first-order chi connectivity index (χ1) is 6.38. The Morgan fingerprint density at radius 3 is 2.29 bits per heavy atom. The van der Waals surface area contributed by atoms with Crippen molar-refractivity contribution in [2.24, 2.45) is 5.73 Å². The molecule has 0 aliphatic rings. The summed E-state index contributed by atoms with van der Waals surface area (Å²) in [7, 11) is 0. The van der Waals surface area contributed by atoms with Crippen molar-refractivity contribution >= 4 is 11.6 Å². The first-order valence-electron chi connectivity index (χ1n) is 4.61. The molecule has 0 saturated carbocycles. The Morgan fingerprint density at radius 2 is 1.86 bits per heavy atom. The van der Waals surface area contributed by atoms with Crippen LogP contribution >= 0.6 is 11.6 Å². The van der Waals surface area contributed by atoms with Crippen molar-refractivity contribution < 1.29 is 5.11 Å².